The third-order valence-electron chi connectivity index (χ3n) is 3.66. The average Bonchev–Trinajstić information content (AvgIpc) is 2.49. The van der Waals surface area contributed by atoms with Crippen molar-refractivity contribution < 1.29 is 14.3 Å². The topological polar surface area (TPSA) is 73.6 Å². The van der Waals surface area contributed by atoms with Crippen LogP contribution in [0.5, 0.6) is 5.75 Å². The van der Waals surface area contributed by atoms with Gasteiger partial charge in [-0.15, -0.1) is 0 Å². The number of rotatable bonds is 6. The molecule has 1 aromatic rings. The first-order chi connectivity index (χ1) is 10.2. The van der Waals surface area contributed by atoms with Crippen molar-refractivity contribution in [1.29, 1.82) is 0 Å². The van der Waals surface area contributed by atoms with Crippen LogP contribution in [0.3, 0.4) is 0 Å². The third kappa shape index (κ3) is 5.02. The van der Waals surface area contributed by atoms with Crippen molar-refractivity contribution in [2.24, 2.45) is 11.7 Å². The molecule has 0 unspecified atom stereocenters. The second-order valence-corrected chi connectivity index (χ2v) is 5.43. The average molecular weight is 292 g/mol. The summed E-state index contributed by atoms with van der Waals surface area (Å²) in [4.78, 5) is 11.6. The van der Waals surface area contributed by atoms with Crippen molar-refractivity contribution in [3.63, 3.8) is 0 Å². The molecule has 1 saturated heterocycles. The van der Waals surface area contributed by atoms with Gasteiger partial charge in [0.05, 0.1) is 6.61 Å². The lowest BCUT2D eigenvalue weighted by Crippen LogP contribution is -2.21. The van der Waals surface area contributed by atoms with Crippen molar-refractivity contribution in [1.82, 2.24) is 0 Å². The van der Waals surface area contributed by atoms with E-state index in [1.165, 1.54) is 0 Å². The van der Waals surface area contributed by atoms with E-state index in [2.05, 4.69) is 5.32 Å². The standard InChI is InChI=1S/C16H24N2O3/c1-12-2-3-14(18-16(19)4-7-17)10-15(12)21-11-13-5-8-20-9-6-13/h2-3,10,13H,4-9,11,17H2,1H3,(H,18,19). The van der Waals surface area contributed by atoms with E-state index in [4.69, 9.17) is 15.2 Å². The molecule has 1 amide bonds. The molecule has 21 heavy (non-hydrogen) atoms. The number of hydrogen-bond donors (Lipinski definition) is 2. The second kappa shape index (κ2) is 8.00. The molecule has 0 atom stereocenters. The maximum atomic E-state index is 11.6. The Bertz CT molecular complexity index is 471. The van der Waals surface area contributed by atoms with Gasteiger partial charge in [0.1, 0.15) is 5.75 Å². The first-order valence-corrected chi connectivity index (χ1v) is 7.50. The Kier molecular flexibility index (Phi) is 6.02. The van der Waals surface area contributed by atoms with Crippen molar-refractivity contribution >= 4 is 11.6 Å². The van der Waals surface area contributed by atoms with Gasteiger partial charge >= 0.3 is 0 Å². The van der Waals surface area contributed by atoms with E-state index in [1.807, 2.05) is 25.1 Å². The van der Waals surface area contributed by atoms with Crippen molar-refractivity contribution in [2.45, 2.75) is 26.2 Å². The van der Waals surface area contributed by atoms with E-state index < -0.39 is 0 Å². The SMILES string of the molecule is Cc1ccc(NC(=O)CCN)cc1OCC1CCOCC1. The van der Waals surface area contributed by atoms with Gasteiger partial charge in [0.25, 0.3) is 0 Å². The van der Waals surface area contributed by atoms with Gasteiger partial charge in [-0.05, 0) is 37.3 Å². The van der Waals surface area contributed by atoms with Gasteiger partial charge in [-0.3, -0.25) is 4.79 Å². The molecule has 0 bridgehead atoms. The molecule has 0 saturated carbocycles. The highest BCUT2D eigenvalue weighted by atomic mass is 16.5. The van der Waals surface area contributed by atoms with Crippen LogP contribution >= 0.6 is 0 Å². The first-order valence-electron chi connectivity index (χ1n) is 7.50. The monoisotopic (exact) mass is 292 g/mol. The molecule has 1 aliphatic heterocycles. The quantitative estimate of drug-likeness (QED) is 0.842. The minimum absolute atomic E-state index is 0.0725. The number of nitrogens with one attached hydrogen (secondary N) is 1. The number of hydrogen-bond acceptors (Lipinski definition) is 4. The Morgan fingerprint density at radius 3 is 2.90 bits per heavy atom. The summed E-state index contributed by atoms with van der Waals surface area (Å²) in [5.74, 6) is 1.30. The molecular formula is C16H24N2O3. The molecule has 2 rings (SSSR count). The van der Waals surface area contributed by atoms with Crippen molar-refractivity contribution in [3.8, 4) is 5.75 Å². The predicted octanol–water partition coefficient (Wildman–Crippen LogP) is 2.09. The molecule has 1 aromatic carbocycles. The summed E-state index contributed by atoms with van der Waals surface area (Å²) in [6, 6.07) is 5.71. The Balaban J connectivity index is 1.93. The van der Waals surface area contributed by atoms with Crippen molar-refractivity contribution in [3.05, 3.63) is 23.8 Å². The van der Waals surface area contributed by atoms with Crippen LogP contribution in [0.2, 0.25) is 0 Å². The lowest BCUT2D eigenvalue weighted by molar-refractivity contribution is -0.116. The van der Waals surface area contributed by atoms with Crippen LogP contribution in [-0.2, 0) is 9.53 Å². The zero-order chi connectivity index (χ0) is 15.1. The van der Waals surface area contributed by atoms with Gasteiger partial charge in [-0.1, -0.05) is 6.07 Å². The second-order valence-electron chi connectivity index (χ2n) is 5.43. The Morgan fingerprint density at radius 1 is 1.43 bits per heavy atom. The highest BCUT2D eigenvalue weighted by Gasteiger charge is 2.15. The van der Waals surface area contributed by atoms with E-state index in [-0.39, 0.29) is 5.91 Å². The van der Waals surface area contributed by atoms with Crippen LogP contribution in [-0.4, -0.2) is 32.3 Å². The van der Waals surface area contributed by atoms with Gasteiger partial charge in [0.15, 0.2) is 0 Å². The van der Waals surface area contributed by atoms with E-state index in [9.17, 15) is 4.79 Å². The summed E-state index contributed by atoms with van der Waals surface area (Å²) in [5.41, 5.74) is 7.19. The van der Waals surface area contributed by atoms with Crippen LogP contribution in [0.25, 0.3) is 0 Å². The zero-order valence-corrected chi connectivity index (χ0v) is 12.6. The molecule has 0 aromatic heterocycles. The van der Waals surface area contributed by atoms with E-state index in [1.54, 1.807) is 0 Å². The van der Waals surface area contributed by atoms with Crippen LogP contribution in [0.4, 0.5) is 5.69 Å². The molecule has 5 heteroatoms. The molecule has 0 aliphatic carbocycles. The molecule has 116 valence electrons. The summed E-state index contributed by atoms with van der Waals surface area (Å²) < 4.78 is 11.3. The van der Waals surface area contributed by atoms with E-state index >= 15 is 0 Å². The maximum absolute atomic E-state index is 11.6. The Labute approximate surface area is 125 Å². The fourth-order valence-electron chi connectivity index (χ4n) is 2.31. The number of amides is 1. The summed E-state index contributed by atoms with van der Waals surface area (Å²) in [5, 5.41) is 2.83. The number of carbonyl (C=O) groups is 1. The molecule has 1 heterocycles. The number of nitrogens with two attached hydrogens (primary N) is 1. The molecule has 0 radical (unpaired) electrons. The summed E-state index contributed by atoms with van der Waals surface area (Å²) in [6.07, 6.45) is 2.42. The molecule has 5 nitrogen and oxygen atoms in total. The smallest absolute Gasteiger partial charge is 0.225 e. The predicted molar refractivity (Wildman–Crippen MR) is 82.5 cm³/mol. The fourth-order valence-corrected chi connectivity index (χ4v) is 2.31. The molecule has 1 fully saturated rings. The minimum atomic E-state index is -0.0725. The summed E-state index contributed by atoms with van der Waals surface area (Å²) in [6.45, 7) is 4.70. The fraction of sp³-hybridized carbons (Fsp3) is 0.562. The molecular weight excluding hydrogens is 268 g/mol. The van der Waals surface area contributed by atoms with Gasteiger partial charge in [-0.2, -0.15) is 0 Å². The van der Waals surface area contributed by atoms with Crippen LogP contribution in [0.1, 0.15) is 24.8 Å². The van der Waals surface area contributed by atoms with E-state index in [0.29, 0.717) is 25.5 Å². The van der Waals surface area contributed by atoms with Gasteiger partial charge in [-0.25, -0.2) is 0 Å². The lowest BCUT2D eigenvalue weighted by Gasteiger charge is -2.22. The number of benzene rings is 1. The maximum Gasteiger partial charge on any atom is 0.225 e. The first kappa shape index (κ1) is 15.8. The normalized spacial score (nSPS) is 15.7. The highest BCUT2D eigenvalue weighted by molar-refractivity contribution is 5.91. The zero-order valence-electron chi connectivity index (χ0n) is 12.6. The largest absolute Gasteiger partial charge is 0.493 e. The lowest BCUT2D eigenvalue weighted by atomic mass is 10.0. The van der Waals surface area contributed by atoms with Crippen LogP contribution in [0, 0.1) is 12.8 Å². The van der Waals surface area contributed by atoms with Crippen molar-refractivity contribution in [2.75, 3.05) is 31.7 Å². The molecule has 1 aliphatic rings. The summed E-state index contributed by atoms with van der Waals surface area (Å²) >= 11 is 0. The molecule has 3 N–H and O–H groups in total. The number of anilines is 1. The number of ether oxygens (including phenoxy) is 2. The Morgan fingerprint density at radius 2 is 2.19 bits per heavy atom. The molecule has 0 spiro atoms. The van der Waals surface area contributed by atoms with Crippen LogP contribution < -0.4 is 15.8 Å². The third-order valence-corrected chi connectivity index (χ3v) is 3.66. The number of aryl methyl sites for hydroxylation is 1. The van der Waals surface area contributed by atoms with Gasteiger partial charge in [0.2, 0.25) is 5.91 Å². The number of carbonyl (C=O) groups excluding carboxylic acids is 1. The van der Waals surface area contributed by atoms with Gasteiger partial charge in [0, 0.05) is 37.9 Å². The highest BCUT2D eigenvalue weighted by Crippen LogP contribution is 2.24. The Hall–Kier alpha value is -1.59. The van der Waals surface area contributed by atoms with Crippen LogP contribution in [0.15, 0.2) is 18.2 Å². The minimum Gasteiger partial charge on any atom is -0.493 e. The van der Waals surface area contributed by atoms with Gasteiger partial charge < -0.3 is 20.5 Å². The van der Waals surface area contributed by atoms with E-state index in [0.717, 1.165) is 43.1 Å². The summed E-state index contributed by atoms with van der Waals surface area (Å²) in [7, 11) is 0.